The Kier molecular flexibility index (Phi) is 6.44. The van der Waals surface area contributed by atoms with Gasteiger partial charge in [-0.25, -0.2) is 0 Å². The maximum absolute atomic E-state index is 12.6. The van der Waals surface area contributed by atoms with Gasteiger partial charge in [-0.1, -0.05) is 17.7 Å². The van der Waals surface area contributed by atoms with Crippen molar-refractivity contribution in [1.82, 2.24) is 5.32 Å². The minimum Gasteiger partial charge on any atom is -0.496 e. The first-order valence-electron chi connectivity index (χ1n) is 7.17. The normalized spacial score (nSPS) is 9.92. The zero-order valence-corrected chi connectivity index (χ0v) is 15.5. The van der Waals surface area contributed by atoms with Crippen molar-refractivity contribution in [2.45, 2.75) is 0 Å². The molecule has 0 heterocycles. The summed E-state index contributed by atoms with van der Waals surface area (Å²) in [5.41, 5.74) is 0.780. The molecule has 132 valence electrons. The molecule has 0 fully saturated rings. The summed E-state index contributed by atoms with van der Waals surface area (Å²) in [6.45, 7) is 0. The second-order valence-corrected chi connectivity index (χ2v) is 5.64. The third-order valence-electron chi connectivity index (χ3n) is 3.29. The first-order valence-corrected chi connectivity index (χ1v) is 7.95. The van der Waals surface area contributed by atoms with E-state index in [1.807, 2.05) is 0 Å². The maximum Gasteiger partial charge on any atom is 0.264 e. The second-order valence-electron chi connectivity index (χ2n) is 4.79. The third kappa shape index (κ3) is 4.52. The SMILES string of the molecule is COc1ccc(Cl)cc1NC(=S)NC(=O)c1c(OC)cccc1OC. The molecule has 0 aliphatic heterocycles. The van der Waals surface area contributed by atoms with E-state index in [-0.39, 0.29) is 10.7 Å². The van der Waals surface area contributed by atoms with Crippen molar-refractivity contribution in [2.75, 3.05) is 26.6 Å². The maximum atomic E-state index is 12.6. The molecule has 0 aromatic heterocycles. The van der Waals surface area contributed by atoms with Crippen molar-refractivity contribution < 1.29 is 19.0 Å². The van der Waals surface area contributed by atoms with Crippen molar-refractivity contribution in [2.24, 2.45) is 0 Å². The van der Waals surface area contributed by atoms with E-state index in [1.54, 1.807) is 36.4 Å². The van der Waals surface area contributed by atoms with Crippen molar-refractivity contribution in [3.05, 3.63) is 47.0 Å². The molecular formula is C17H17ClN2O4S. The van der Waals surface area contributed by atoms with Gasteiger partial charge in [0.2, 0.25) is 0 Å². The van der Waals surface area contributed by atoms with Gasteiger partial charge in [0.1, 0.15) is 22.8 Å². The predicted molar refractivity (Wildman–Crippen MR) is 101 cm³/mol. The molecule has 0 atom stereocenters. The Morgan fingerprint density at radius 2 is 1.60 bits per heavy atom. The summed E-state index contributed by atoms with van der Waals surface area (Å²) in [7, 11) is 4.47. The highest BCUT2D eigenvalue weighted by atomic mass is 35.5. The number of anilines is 1. The predicted octanol–water partition coefficient (Wildman–Crippen LogP) is 3.49. The summed E-state index contributed by atoms with van der Waals surface area (Å²) in [5, 5.41) is 6.06. The monoisotopic (exact) mass is 380 g/mol. The molecule has 1 amide bonds. The number of carbonyl (C=O) groups excluding carboxylic acids is 1. The van der Waals surface area contributed by atoms with Crippen LogP contribution in [0.4, 0.5) is 5.69 Å². The third-order valence-corrected chi connectivity index (χ3v) is 3.73. The summed E-state index contributed by atoms with van der Waals surface area (Å²) in [4.78, 5) is 12.6. The molecule has 2 rings (SSSR count). The molecule has 25 heavy (non-hydrogen) atoms. The first-order chi connectivity index (χ1) is 12.0. The molecule has 2 aromatic rings. The Labute approximate surface area is 156 Å². The van der Waals surface area contributed by atoms with Crippen LogP contribution in [0, 0.1) is 0 Å². The minimum atomic E-state index is -0.465. The van der Waals surface area contributed by atoms with Gasteiger partial charge >= 0.3 is 0 Å². The number of benzene rings is 2. The molecule has 0 aliphatic carbocycles. The van der Waals surface area contributed by atoms with Gasteiger partial charge < -0.3 is 19.5 Å². The summed E-state index contributed by atoms with van der Waals surface area (Å²) in [6.07, 6.45) is 0. The van der Waals surface area contributed by atoms with Crippen LogP contribution in [-0.2, 0) is 0 Å². The molecule has 0 radical (unpaired) electrons. The lowest BCUT2D eigenvalue weighted by atomic mass is 10.1. The number of ether oxygens (including phenoxy) is 3. The molecule has 6 nitrogen and oxygen atoms in total. The Morgan fingerprint density at radius 3 is 2.16 bits per heavy atom. The van der Waals surface area contributed by atoms with Crippen LogP contribution < -0.4 is 24.8 Å². The van der Waals surface area contributed by atoms with Gasteiger partial charge in [0.05, 0.1) is 27.0 Å². The lowest BCUT2D eigenvalue weighted by Gasteiger charge is -2.15. The highest BCUT2D eigenvalue weighted by molar-refractivity contribution is 7.80. The Hall–Kier alpha value is -2.51. The number of carbonyl (C=O) groups is 1. The van der Waals surface area contributed by atoms with Crippen molar-refractivity contribution in [1.29, 1.82) is 0 Å². The van der Waals surface area contributed by atoms with Gasteiger partial charge in [-0.2, -0.15) is 0 Å². The average molecular weight is 381 g/mol. The van der Waals surface area contributed by atoms with Crippen molar-refractivity contribution in [3.63, 3.8) is 0 Å². The molecule has 0 spiro atoms. The molecule has 0 aliphatic rings. The quantitative estimate of drug-likeness (QED) is 0.774. The van der Waals surface area contributed by atoms with Crippen LogP contribution in [0.25, 0.3) is 0 Å². The molecule has 2 aromatic carbocycles. The van der Waals surface area contributed by atoms with E-state index in [4.69, 9.17) is 38.0 Å². The van der Waals surface area contributed by atoms with Crippen LogP contribution >= 0.6 is 23.8 Å². The Morgan fingerprint density at radius 1 is 1.00 bits per heavy atom. The number of methoxy groups -OCH3 is 3. The summed E-state index contributed by atoms with van der Waals surface area (Å²) in [5.74, 6) is 0.823. The fourth-order valence-corrected chi connectivity index (χ4v) is 2.55. The highest BCUT2D eigenvalue weighted by Crippen LogP contribution is 2.29. The van der Waals surface area contributed by atoms with E-state index >= 15 is 0 Å². The number of hydrogen-bond acceptors (Lipinski definition) is 5. The number of halogens is 1. The van der Waals surface area contributed by atoms with Crippen LogP contribution in [0.3, 0.4) is 0 Å². The number of hydrogen-bond donors (Lipinski definition) is 2. The fraction of sp³-hybridized carbons (Fsp3) is 0.176. The number of amides is 1. The van der Waals surface area contributed by atoms with Gasteiger partial charge in [-0.05, 0) is 42.5 Å². The van der Waals surface area contributed by atoms with Crippen LogP contribution in [-0.4, -0.2) is 32.3 Å². The standard InChI is InChI=1S/C17H17ClN2O4S/c1-22-12-8-7-10(18)9-11(12)19-17(25)20-16(21)15-13(23-2)5-4-6-14(15)24-3/h4-9H,1-3H3,(H2,19,20,21,25). The highest BCUT2D eigenvalue weighted by Gasteiger charge is 2.19. The summed E-state index contributed by atoms with van der Waals surface area (Å²) in [6, 6.07) is 10.1. The Balaban J connectivity index is 2.19. The Bertz CT molecular complexity index is 776. The molecular weight excluding hydrogens is 364 g/mol. The first kappa shape index (κ1) is 18.8. The fourth-order valence-electron chi connectivity index (χ4n) is 2.17. The van der Waals surface area contributed by atoms with Crippen LogP contribution in [0.5, 0.6) is 17.2 Å². The van der Waals surface area contributed by atoms with E-state index in [1.165, 1.54) is 21.3 Å². The van der Waals surface area contributed by atoms with E-state index in [0.717, 1.165) is 0 Å². The summed E-state index contributed by atoms with van der Waals surface area (Å²) >= 11 is 11.2. The number of rotatable bonds is 5. The van der Waals surface area contributed by atoms with E-state index in [9.17, 15) is 4.79 Å². The zero-order valence-electron chi connectivity index (χ0n) is 13.9. The second kappa shape index (κ2) is 8.55. The van der Waals surface area contributed by atoms with Gasteiger partial charge in [0, 0.05) is 5.02 Å². The molecule has 0 unspecified atom stereocenters. The van der Waals surface area contributed by atoms with Crippen LogP contribution in [0.1, 0.15) is 10.4 Å². The smallest absolute Gasteiger partial charge is 0.264 e. The van der Waals surface area contributed by atoms with Crippen LogP contribution in [0.2, 0.25) is 5.02 Å². The van der Waals surface area contributed by atoms with E-state index in [2.05, 4.69) is 10.6 Å². The average Bonchev–Trinajstić information content (AvgIpc) is 2.60. The van der Waals surface area contributed by atoms with E-state index < -0.39 is 5.91 Å². The summed E-state index contributed by atoms with van der Waals surface area (Å²) < 4.78 is 15.7. The van der Waals surface area contributed by atoms with E-state index in [0.29, 0.717) is 28.0 Å². The zero-order chi connectivity index (χ0) is 18.4. The lowest BCUT2D eigenvalue weighted by Crippen LogP contribution is -2.34. The van der Waals surface area contributed by atoms with Gasteiger partial charge in [0.25, 0.3) is 5.91 Å². The van der Waals surface area contributed by atoms with Gasteiger partial charge in [-0.3, -0.25) is 10.1 Å². The van der Waals surface area contributed by atoms with Gasteiger partial charge in [0.15, 0.2) is 5.11 Å². The molecule has 0 bridgehead atoms. The van der Waals surface area contributed by atoms with Crippen LogP contribution in [0.15, 0.2) is 36.4 Å². The van der Waals surface area contributed by atoms with Crippen molar-refractivity contribution >= 4 is 40.5 Å². The largest absolute Gasteiger partial charge is 0.496 e. The van der Waals surface area contributed by atoms with Gasteiger partial charge in [-0.15, -0.1) is 0 Å². The lowest BCUT2D eigenvalue weighted by molar-refractivity contribution is 0.0971. The number of thiocarbonyl (C=S) groups is 1. The molecule has 0 saturated heterocycles. The topological polar surface area (TPSA) is 68.8 Å². The molecule has 2 N–H and O–H groups in total. The molecule has 8 heteroatoms. The number of nitrogens with one attached hydrogen (secondary N) is 2. The van der Waals surface area contributed by atoms with Crippen molar-refractivity contribution in [3.8, 4) is 17.2 Å². The minimum absolute atomic E-state index is 0.0820. The molecule has 0 saturated carbocycles.